The molecule has 28 heavy (non-hydrogen) atoms. The summed E-state index contributed by atoms with van der Waals surface area (Å²) in [5, 5.41) is 1.01. The van der Waals surface area contributed by atoms with Gasteiger partial charge >= 0.3 is 5.69 Å². The molecule has 5 rings (SSSR count). The van der Waals surface area contributed by atoms with Gasteiger partial charge in [0.15, 0.2) is 0 Å². The zero-order chi connectivity index (χ0) is 19.3. The van der Waals surface area contributed by atoms with E-state index >= 15 is 0 Å². The van der Waals surface area contributed by atoms with Crippen molar-refractivity contribution in [3.8, 4) is 0 Å². The number of nitrogen functional groups attached to an aromatic ring is 1. The summed E-state index contributed by atoms with van der Waals surface area (Å²) in [6, 6.07) is 9.99. The number of pyridine rings is 1. The lowest BCUT2D eigenvalue weighted by Gasteiger charge is -2.29. The number of imidazole rings is 1. The quantitative estimate of drug-likeness (QED) is 0.530. The molecule has 0 amide bonds. The van der Waals surface area contributed by atoms with Crippen LogP contribution in [-0.2, 0) is 6.54 Å². The first-order valence-electron chi connectivity index (χ1n) is 10.0. The number of nitrogens with one attached hydrogen (secondary N) is 1. The molecular weight excluding hydrogens is 350 g/mol. The van der Waals surface area contributed by atoms with Gasteiger partial charge in [-0.15, -0.1) is 0 Å². The van der Waals surface area contributed by atoms with Crippen LogP contribution in [0.1, 0.15) is 44.2 Å². The molecular formula is C22H25N5O. The van der Waals surface area contributed by atoms with E-state index in [1.54, 1.807) is 0 Å². The summed E-state index contributed by atoms with van der Waals surface area (Å²) in [5.41, 5.74) is 10.4. The molecule has 1 fully saturated rings. The van der Waals surface area contributed by atoms with Gasteiger partial charge in [-0.05, 0) is 42.5 Å². The number of nitrogens with two attached hydrogens (primary N) is 1. The fourth-order valence-electron chi connectivity index (χ4n) is 4.78. The number of nitrogens with zero attached hydrogens (tertiary/aromatic N) is 3. The van der Waals surface area contributed by atoms with Crippen molar-refractivity contribution in [1.29, 1.82) is 0 Å². The number of aromatic nitrogens is 4. The Morgan fingerprint density at radius 1 is 1.25 bits per heavy atom. The first-order valence-corrected chi connectivity index (χ1v) is 10.0. The number of fused-ring (bicyclic) bond motifs is 3. The van der Waals surface area contributed by atoms with Crippen molar-refractivity contribution in [3.63, 3.8) is 0 Å². The summed E-state index contributed by atoms with van der Waals surface area (Å²) in [7, 11) is 0. The Bertz CT molecular complexity index is 1210. The van der Waals surface area contributed by atoms with E-state index in [4.69, 9.17) is 5.73 Å². The van der Waals surface area contributed by atoms with Gasteiger partial charge in [0.05, 0.1) is 23.8 Å². The Morgan fingerprint density at radius 3 is 2.93 bits per heavy atom. The average Bonchev–Trinajstić information content (AvgIpc) is 3.26. The Balaban J connectivity index is 1.77. The lowest BCUT2D eigenvalue weighted by Crippen LogP contribution is -2.32. The summed E-state index contributed by atoms with van der Waals surface area (Å²) in [6.07, 6.45) is 8.35. The summed E-state index contributed by atoms with van der Waals surface area (Å²) in [4.78, 5) is 21.4. The molecule has 3 aromatic heterocycles. The molecule has 1 aliphatic carbocycles. The van der Waals surface area contributed by atoms with Crippen LogP contribution >= 0.6 is 0 Å². The molecule has 1 aliphatic rings. The number of anilines is 1. The summed E-state index contributed by atoms with van der Waals surface area (Å²) in [5.74, 6) is 0.486. The minimum atomic E-state index is 0.0478. The normalized spacial score (nSPS) is 20.2. The van der Waals surface area contributed by atoms with Gasteiger partial charge in [-0.25, -0.2) is 9.78 Å². The molecule has 0 saturated heterocycles. The third-order valence-electron chi connectivity index (χ3n) is 6.20. The van der Waals surface area contributed by atoms with Crippen LogP contribution in [0.5, 0.6) is 0 Å². The number of aromatic amines is 1. The standard InChI is InChI=1S/C22H25N5O/c1-14-5-2-3-8-18(14)27-20-17-9-10-24-21(17)25-12-19(20)26(22(27)28)13-15-6-4-7-16(23)11-15/h4,6-7,9-12,14,18H,2-3,5,8,13,23H2,1H3,(H,24,25)/t14-,18+/m1/s1. The Hall–Kier alpha value is -3.02. The molecule has 0 spiro atoms. The van der Waals surface area contributed by atoms with E-state index < -0.39 is 0 Å². The van der Waals surface area contributed by atoms with Crippen molar-refractivity contribution < 1.29 is 0 Å². The maximum atomic E-state index is 13.6. The van der Waals surface area contributed by atoms with E-state index in [9.17, 15) is 4.79 Å². The molecule has 0 radical (unpaired) electrons. The highest BCUT2D eigenvalue weighted by Crippen LogP contribution is 2.36. The van der Waals surface area contributed by atoms with E-state index in [0.717, 1.165) is 34.1 Å². The third-order valence-corrected chi connectivity index (χ3v) is 6.20. The third kappa shape index (κ3) is 2.63. The summed E-state index contributed by atoms with van der Waals surface area (Å²) in [6.45, 7) is 2.76. The van der Waals surface area contributed by atoms with Crippen LogP contribution in [0.3, 0.4) is 0 Å². The monoisotopic (exact) mass is 375 g/mol. The van der Waals surface area contributed by atoms with Gasteiger partial charge in [0.2, 0.25) is 0 Å². The second-order valence-electron chi connectivity index (χ2n) is 8.04. The minimum Gasteiger partial charge on any atom is -0.399 e. The fourth-order valence-corrected chi connectivity index (χ4v) is 4.78. The Labute approximate surface area is 163 Å². The topological polar surface area (TPSA) is 81.6 Å². The number of benzene rings is 1. The molecule has 4 aromatic rings. The molecule has 144 valence electrons. The minimum absolute atomic E-state index is 0.0478. The number of hydrogen-bond donors (Lipinski definition) is 2. The molecule has 6 nitrogen and oxygen atoms in total. The molecule has 0 aliphatic heterocycles. The van der Waals surface area contributed by atoms with Gasteiger partial charge < -0.3 is 10.7 Å². The second-order valence-corrected chi connectivity index (χ2v) is 8.04. The fraction of sp³-hybridized carbons (Fsp3) is 0.364. The van der Waals surface area contributed by atoms with Crippen LogP contribution in [0.25, 0.3) is 22.1 Å². The second kappa shape index (κ2) is 6.55. The van der Waals surface area contributed by atoms with Crippen LogP contribution < -0.4 is 11.4 Å². The van der Waals surface area contributed by atoms with Crippen molar-refractivity contribution in [2.75, 3.05) is 5.73 Å². The summed E-state index contributed by atoms with van der Waals surface area (Å²) >= 11 is 0. The predicted molar refractivity (Wildman–Crippen MR) is 112 cm³/mol. The van der Waals surface area contributed by atoms with Gasteiger partial charge in [0.1, 0.15) is 5.65 Å². The van der Waals surface area contributed by atoms with E-state index in [2.05, 4.69) is 16.9 Å². The van der Waals surface area contributed by atoms with Gasteiger partial charge in [-0.2, -0.15) is 0 Å². The van der Waals surface area contributed by atoms with Gasteiger partial charge in [0, 0.05) is 23.3 Å². The molecule has 3 N–H and O–H groups in total. The molecule has 2 atom stereocenters. The number of rotatable bonds is 3. The molecule has 0 bridgehead atoms. The van der Waals surface area contributed by atoms with E-state index in [0.29, 0.717) is 18.2 Å². The van der Waals surface area contributed by atoms with Crippen LogP contribution in [0.4, 0.5) is 5.69 Å². The van der Waals surface area contributed by atoms with E-state index in [1.807, 2.05) is 51.9 Å². The maximum absolute atomic E-state index is 13.6. The Kier molecular flexibility index (Phi) is 4.00. The first-order chi connectivity index (χ1) is 13.6. The molecule has 1 saturated carbocycles. The van der Waals surface area contributed by atoms with Crippen molar-refractivity contribution >= 4 is 27.8 Å². The van der Waals surface area contributed by atoms with Gasteiger partial charge in [0.25, 0.3) is 0 Å². The van der Waals surface area contributed by atoms with E-state index in [-0.39, 0.29) is 11.7 Å². The smallest absolute Gasteiger partial charge is 0.329 e. The number of H-pyrrole nitrogens is 1. The zero-order valence-corrected chi connectivity index (χ0v) is 16.1. The highest BCUT2D eigenvalue weighted by atomic mass is 16.1. The van der Waals surface area contributed by atoms with Crippen molar-refractivity contribution in [2.24, 2.45) is 5.92 Å². The SMILES string of the molecule is C[C@@H]1CCCC[C@@H]1n1c(=O)n(Cc2cccc(N)c2)c2cnc3[nH]ccc3c21. The molecule has 1 aromatic carbocycles. The Morgan fingerprint density at radius 2 is 2.11 bits per heavy atom. The van der Waals surface area contributed by atoms with E-state index in [1.165, 1.54) is 19.3 Å². The highest BCUT2D eigenvalue weighted by molar-refractivity contribution is 6.01. The van der Waals surface area contributed by atoms with Crippen molar-refractivity contribution in [1.82, 2.24) is 19.1 Å². The lowest BCUT2D eigenvalue weighted by molar-refractivity contribution is 0.256. The largest absolute Gasteiger partial charge is 0.399 e. The molecule has 6 heteroatoms. The van der Waals surface area contributed by atoms with Gasteiger partial charge in [-0.1, -0.05) is 31.9 Å². The van der Waals surface area contributed by atoms with Gasteiger partial charge in [-0.3, -0.25) is 9.13 Å². The summed E-state index contributed by atoms with van der Waals surface area (Å²) < 4.78 is 3.90. The number of hydrogen-bond acceptors (Lipinski definition) is 3. The van der Waals surface area contributed by atoms with Crippen molar-refractivity contribution in [3.05, 3.63) is 58.8 Å². The first kappa shape index (κ1) is 17.1. The van der Waals surface area contributed by atoms with Crippen LogP contribution in [0.15, 0.2) is 47.5 Å². The average molecular weight is 375 g/mol. The maximum Gasteiger partial charge on any atom is 0.329 e. The highest BCUT2D eigenvalue weighted by Gasteiger charge is 2.28. The van der Waals surface area contributed by atoms with Crippen LogP contribution in [0.2, 0.25) is 0 Å². The van der Waals surface area contributed by atoms with Crippen molar-refractivity contribution in [2.45, 2.75) is 45.2 Å². The molecule has 3 heterocycles. The molecule has 0 unspecified atom stereocenters. The predicted octanol–water partition coefficient (Wildman–Crippen LogP) is 4.06. The lowest BCUT2D eigenvalue weighted by atomic mass is 9.85. The zero-order valence-electron chi connectivity index (χ0n) is 16.1. The van der Waals surface area contributed by atoms with Crippen LogP contribution in [-0.4, -0.2) is 19.1 Å². The van der Waals surface area contributed by atoms with Crippen LogP contribution in [0, 0.1) is 5.92 Å².